The number of anilines is 1. The highest BCUT2D eigenvalue weighted by molar-refractivity contribution is 5.95. The largest absolute Gasteiger partial charge is 0.489 e. The molecule has 4 rings (SSSR count). The topological polar surface area (TPSA) is 58.6 Å². The first-order valence-corrected chi connectivity index (χ1v) is 12.3. The second kappa shape index (κ2) is 10.8. The molecule has 35 heavy (non-hydrogen) atoms. The van der Waals surface area contributed by atoms with Gasteiger partial charge in [0.2, 0.25) is 5.91 Å². The Kier molecular flexibility index (Phi) is 7.54. The number of carbonyl (C=O) groups is 2. The van der Waals surface area contributed by atoms with Gasteiger partial charge in [-0.2, -0.15) is 0 Å². The molecule has 1 fully saturated rings. The molecule has 5 heteroatoms. The molecule has 0 radical (unpaired) electrons. The van der Waals surface area contributed by atoms with E-state index >= 15 is 0 Å². The van der Waals surface area contributed by atoms with Gasteiger partial charge < -0.3 is 15.0 Å². The molecule has 5 nitrogen and oxygen atoms in total. The summed E-state index contributed by atoms with van der Waals surface area (Å²) in [5, 5.41) is 3.01. The van der Waals surface area contributed by atoms with Crippen molar-refractivity contribution in [2.45, 2.75) is 45.6 Å². The van der Waals surface area contributed by atoms with Gasteiger partial charge in [-0.1, -0.05) is 63.2 Å². The van der Waals surface area contributed by atoms with Crippen LogP contribution in [0.1, 0.15) is 55.1 Å². The molecule has 1 heterocycles. The first-order chi connectivity index (χ1) is 16.8. The van der Waals surface area contributed by atoms with E-state index in [2.05, 4.69) is 26.1 Å². The van der Waals surface area contributed by atoms with Gasteiger partial charge >= 0.3 is 0 Å². The van der Waals surface area contributed by atoms with Gasteiger partial charge in [0.15, 0.2) is 0 Å². The monoisotopic (exact) mass is 470 g/mol. The van der Waals surface area contributed by atoms with Crippen LogP contribution in [0, 0.1) is 5.92 Å². The molecule has 0 unspecified atom stereocenters. The van der Waals surface area contributed by atoms with Crippen molar-refractivity contribution >= 4 is 17.5 Å². The zero-order valence-corrected chi connectivity index (χ0v) is 20.8. The number of rotatable bonds is 6. The molecule has 0 aliphatic carbocycles. The maximum absolute atomic E-state index is 12.9. The molecule has 2 amide bonds. The Bertz CT molecular complexity index is 1120. The fraction of sp³-hybridized carbons (Fsp3) is 0.333. The van der Waals surface area contributed by atoms with Gasteiger partial charge in [0.1, 0.15) is 12.4 Å². The maximum atomic E-state index is 12.9. The number of ether oxygens (including phenoxy) is 1. The third-order valence-electron chi connectivity index (χ3n) is 6.52. The predicted octanol–water partition coefficient (Wildman–Crippen LogP) is 6.05. The van der Waals surface area contributed by atoms with E-state index in [1.165, 1.54) is 5.56 Å². The summed E-state index contributed by atoms with van der Waals surface area (Å²) in [6.45, 7) is 8.16. The number of carbonyl (C=O) groups excluding carboxylic acids is 2. The standard InChI is InChI=1S/C30H34N2O3/c1-30(2,3)25-11-9-24(10-12-25)29(34)32-19-17-23(18-20-32)28(33)31-26-13-15-27(16-14-26)35-21-22-7-5-4-6-8-22/h4-16,23H,17-21H2,1-3H3,(H,31,33). The maximum Gasteiger partial charge on any atom is 0.253 e. The lowest BCUT2D eigenvalue weighted by atomic mass is 9.86. The molecule has 0 bridgehead atoms. The second-order valence-electron chi connectivity index (χ2n) is 10.2. The second-order valence-corrected chi connectivity index (χ2v) is 10.2. The van der Waals surface area contributed by atoms with Crippen molar-refractivity contribution in [3.63, 3.8) is 0 Å². The molecule has 182 valence electrons. The van der Waals surface area contributed by atoms with E-state index in [4.69, 9.17) is 4.74 Å². The quantitative estimate of drug-likeness (QED) is 0.477. The normalized spacial score (nSPS) is 14.4. The van der Waals surface area contributed by atoms with Gasteiger partial charge in [-0.15, -0.1) is 0 Å². The summed E-state index contributed by atoms with van der Waals surface area (Å²) < 4.78 is 5.81. The lowest BCUT2D eigenvalue weighted by Gasteiger charge is -2.31. The lowest BCUT2D eigenvalue weighted by molar-refractivity contribution is -0.121. The summed E-state index contributed by atoms with van der Waals surface area (Å²) in [4.78, 5) is 27.6. The highest BCUT2D eigenvalue weighted by Crippen LogP contribution is 2.25. The number of likely N-dealkylation sites (tertiary alicyclic amines) is 1. The van der Waals surface area contributed by atoms with Crippen LogP contribution in [0.5, 0.6) is 5.75 Å². The first-order valence-electron chi connectivity index (χ1n) is 12.3. The van der Waals surface area contributed by atoms with Crippen LogP contribution in [0.2, 0.25) is 0 Å². The van der Waals surface area contributed by atoms with E-state index in [1.54, 1.807) is 0 Å². The zero-order valence-electron chi connectivity index (χ0n) is 20.8. The van der Waals surface area contributed by atoms with Gasteiger partial charge in [0, 0.05) is 30.3 Å². The number of amides is 2. The Labute approximate surface area is 208 Å². The van der Waals surface area contributed by atoms with Crippen molar-refractivity contribution in [2.24, 2.45) is 5.92 Å². The third kappa shape index (κ3) is 6.50. The van der Waals surface area contributed by atoms with E-state index in [0.29, 0.717) is 38.1 Å². The van der Waals surface area contributed by atoms with Crippen molar-refractivity contribution in [3.8, 4) is 5.75 Å². The molecule has 0 spiro atoms. The molecule has 1 aliphatic rings. The molecule has 1 N–H and O–H groups in total. The Morgan fingerprint density at radius 1 is 0.886 bits per heavy atom. The van der Waals surface area contributed by atoms with Crippen molar-refractivity contribution < 1.29 is 14.3 Å². The average Bonchev–Trinajstić information content (AvgIpc) is 2.88. The van der Waals surface area contributed by atoms with Crippen LogP contribution in [0.25, 0.3) is 0 Å². The summed E-state index contributed by atoms with van der Waals surface area (Å²) >= 11 is 0. The molecule has 1 saturated heterocycles. The van der Waals surface area contributed by atoms with Crippen LogP contribution in [0.3, 0.4) is 0 Å². The fourth-order valence-electron chi connectivity index (χ4n) is 4.26. The Morgan fingerprint density at radius 3 is 2.11 bits per heavy atom. The molecule has 3 aromatic rings. The minimum absolute atomic E-state index is 0.00424. The van der Waals surface area contributed by atoms with E-state index in [-0.39, 0.29) is 23.1 Å². The van der Waals surface area contributed by atoms with Crippen molar-refractivity contribution in [1.29, 1.82) is 0 Å². The van der Waals surface area contributed by atoms with Crippen molar-refractivity contribution in [3.05, 3.63) is 95.6 Å². The van der Waals surface area contributed by atoms with E-state index in [9.17, 15) is 9.59 Å². The van der Waals surface area contributed by atoms with Gasteiger partial charge in [-0.3, -0.25) is 9.59 Å². The van der Waals surface area contributed by atoms with Crippen LogP contribution in [0.4, 0.5) is 5.69 Å². The number of hydrogen-bond acceptors (Lipinski definition) is 3. The van der Waals surface area contributed by atoms with Crippen LogP contribution in [0.15, 0.2) is 78.9 Å². The van der Waals surface area contributed by atoms with Crippen LogP contribution < -0.4 is 10.1 Å². The Balaban J connectivity index is 1.25. The van der Waals surface area contributed by atoms with E-state index in [0.717, 1.165) is 17.0 Å². The number of nitrogens with one attached hydrogen (secondary N) is 1. The van der Waals surface area contributed by atoms with Gasteiger partial charge in [0.05, 0.1) is 0 Å². The van der Waals surface area contributed by atoms with Gasteiger partial charge in [-0.05, 0) is 65.8 Å². The third-order valence-corrected chi connectivity index (χ3v) is 6.52. The first kappa shape index (κ1) is 24.5. The van der Waals surface area contributed by atoms with Crippen LogP contribution in [-0.4, -0.2) is 29.8 Å². The Morgan fingerprint density at radius 2 is 1.51 bits per heavy atom. The summed E-state index contributed by atoms with van der Waals surface area (Å²) in [5.74, 6) is 0.700. The lowest BCUT2D eigenvalue weighted by Crippen LogP contribution is -2.41. The molecule has 0 saturated carbocycles. The number of hydrogen-bond donors (Lipinski definition) is 1. The highest BCUT2D eigenvalue weighted by atomic mass is 16.5. The number of piperidine rings is 1. The molecule has 3 aromatic carbocycles. The summed E-state index contributed by atoms with van der Waals surface area (Å²) in [6, 6.07) is 25.3. The minimum Gasteiger partial charge on any atom is -0.489 e. The SMILES string of the molecule is CC(C)(C)c1ccc(C(=O)N2CCC(C(=O)Nc3ccc(OCc4ccccc4)cc3)CC2)cc1. The van der Waals surface area contributed by atoms with E-state index in [1.807, 2.05) is 83.8 Å². The molecular formula is C30H34N2O3. The number of nitrogens with zero attached hydrogens (tertiary/aromatic N) is 1. The summed E-state index contributed by atoms with van der Waals surface area (Å²) in [7, 11) is 0. The molecular weight excluding hydrogens is 436 g/mol. The summed E-state index contributed by atoms with van der Waals surface area (Å²) in [5.41, 5.74) is 3.83. The van der Waals surface area contributed by atoms with Crippen molar-refractivity contribution in [2.75, 3.05) is 18.4 Å². The zero-order chi connectivity index (χ0) is 24.8. The predicted molar refractivity (Wildman–Crippen MR) is 140 cm³/mol. The highest BCUT2D eigenvalue weighted by Gasteiger charge is 2.28. The van der Waals surface area contributed by atoms with Crippen LogP contribution in [-0.2, 0) is 16.8 Å². The molecule has 0 atom stereocenters. The minimum atomic E-state index is -0.101. The van der Waals surface area contributed by atoms with Gasteiger partial charge in [0.25, 0.3) is 5.91 Å². The summed E-state index contributed by atoms with van der Waals surface area (Å²) in [6.07, 6.45) is 1.33. The van der Waals surface area contributed by atoms with Gasteiger partial charge in [-0.25, -0.2) is 0 Å². The van der Waals surface area contributed by atoms with Crippen molar-refractivity contribution in [1.82, 2.24) is 4.90 Å². The number of benzene rings is 3. The fourth-order valence-corrected chi connectivity index (χ4v) is 4.26. The van der Waals surface area contributed by atoms with E-state index < -0.39 is 0 Å². The Hall–Kier alpha value is -3.60. The molecule has 1 aliphatic heterocycles. The van der Waals surface area contributed by atoms with Crippen LogP contribution >= 0.6 is 0 Å². The molecule has 0 aromatic heterocycles. The smallest absolute Gasteiger partial charge is 0.253 e. The average molecular weight is 471 g/mol.